The summed E-state index contributed by atoms with van der Waals surface area (Å²) in [5.74, 6) is 0.0911. The summed E-state index contributed by atoms with van der Waals surface area (Å²) in [6.45, 7) is 9.39. The van der Waals surface area contributed by atoms with Crippen LogP contribution in [0.25, 0.3) is 0 Å². The molecule has 4 heteroatoms. The largest absolute Gasteiger partial charge is 0.366 e. The lowest BCUT2D eigenvalue weighted by Crippen LogP contribution is -2.40. The predicted molar refractivity (Wildman–Crippen MR) is 80.3 cm³/mol. The fourth-order valence-electron chi connectivity index (χ4n) is 1.94. The molecule has 0 N–H and O–H groups in total. The maximum atomic E-state index is 12.4. The van der Waals surface area contributed by atoms with E-state index in [4.69, 9.17) is 4.74 Å². The minimum Gasteiger partial charge on any atom is -0.366 e. The van der Waals surface area contributed by atoms with Crippen LogP contribution < -0.4 is 0 Å². The van der Waals surface area contributed by atoms with E-state index in [0.29, 0.717) is 6.54 Å². The van der Waals surface area contributed by atoms with Gasteiger partial charge in [0.15, 0.2) is 0 Å². The quantitative estimate of drug-likeness (QED) is 0.728. The molecule has 1 rings (SSSR count). The maximum absolute atomic E-state index is 12.4. The number of amides is 1. The second-order valence-electron chi connectivity index (χ2n) is 5.07. The van der Waals surface area contributed by atoms with Crippen molar-refractivity contribution in [2.45, 2.75) is 59.3 Å². The average molecular weight is 283 g/mol. The van der Waals surface area contributed by atoms with Crippen molar-refractivity contribution in [2.24, 2.45) is 0 Å². The molecule has 0 radical (unpaired) electrons. The molecule has 3 nitrogen and oxygen atoms in total. The third kappa shape index (κ3) is 5.74. The fourth-order valence-corrected chi connectivity index (χ4v) is 2.60. The van der Waals surface area contributed by atoms with E-state index in [0.717, 1.165) is 19.4 Å². The molecular formula is C15H25NO2S. The highest BCUT2D eigenvalue weighted by Gasteiger charge is 2.21. The van der Waals surface area contributed by atoms with Crippen molar-refractivity contribution >= 4 is 17.2 Å². The molecular weight excluding hydrogens is 258 g/mol. The zero-order chi connectivity index (χ0) is 14.3. The van der Waals surface area contributed by atoms with Crippen LogP contribution in [0.15, 0.2) is 16.8 Å². The molecule has 0 fully saturated rings. The molecule has 1 aromatic rings. The molecule has 1 aromatic heterocycles. The van der Waals surface area contributed by atoms with Crippen molar-refractivity contribution in [3.63, 3.8) is 0 Å². The molecule has 108 valence electrons. The van der Waals surface area contributed by atoms with Gasteiger partial charge in [-0.1, -0.05) is 13.3 Å². The summed E-state index contributed by atoms with van der Waals surface area (Å²) in [7, 11) is 0. The van der Waals surface area contributed by atoms with Gasteiger partial charge in [-0.05, 0) is 49.6 Å². The Balaban J connectivity index is 2.63. The van der Waals surface area contributed by atoms with Crippen LogP contribution in [-0.2, 0) is 16.1 Å². The lowest BCUT2D eigenvalue weighted by Gasteiger charge is -2.26. The van der Waals surface area contributed by atoms with Crippen LogP contribution in [0.1, 0.15) is 46.1 Å². The summed E-state index contributed by atoms with van der Waals surface area (Å²) in [4.78, 5) is 14.3. The Morgan fingerprint density at radius 3 is 2.68 bits per heavy atom. The second-order valence-corrected chi connectivity index (χ2v) is 5.85. The van der Waals surface area contributed by atoms with Crippen molar-refractivity contribution in [1.82, 2.24) is 4.90 Å². The van der Waals surface area contributed by atoms with Gasteiger partial charge in [0, 0.05) is 13.1 Å². The summed E-state index contributed by atoms with van der Waals surface area (Å²) in [6.07, 6.45) is 1.83. The van der Waals surface area contributed by atoms with E-state index in [-0.39, 0.29) is 18.1 Å². The van der Waals surface area contributed by atoms with Crippen molar-refractivity contribution in [3.05, 3.63) is 22.4 Å². The number of ether oxygens (including phenoxy) is 1. The lowest BCUT2D eigenvalue weighted by atomic mass is 10.2. The Labute approximate surface area is 120 Å². The second kappa shape index (κ2) is 8.33. The highest BCUT2D eigenvalue weighted by Crippen LogP contribution is 2.13. The van der Waals surface area contributed by atoms with E-state index in [1.165, 1.54) is 5.56 Å². The van der Waals surface area contributed by atoms with Gasteiger partial charge in [0.2, 0.25) is 0 Å². The van der Waals surface area contributed by atoms with Crippen LogP contribution in [0.4, 0.5) is 0 Å². The lowest BCUT2D eigenvalue weighted by molar-refractivity contribution is -0.145. The number of thiophene rings is 1. The summed E-state index contributed by atoms with van der Waals surface area (Å²) in [5.41, 5.74) is 1.20. The van der Waals surface area contributed by atoms with E-state index < -0.39 is 0 Å². The molecule has 0 spiro atoms. The van der Waals surface area contributed by atoms with Gasteiger partial charge in [0.25, 0.3) is 5.91 Å². The van der Waals surface area contributed by atoms with Crippen LogP contribution in [0.5, 0.6) is 0 Å². The molecule has 0 saturated carbocycles. The zero-order valence-electron chi connectivity index (χ0n) is 12.4. The van der Waals surface area contributed by atoms with E-state index in [2.05, 4.69) is 18.4 Å². The summed E-state index contributed by atoms with van der Waals surface area (Å²) < 4.78 is 5.60. The normalized spacial score (nSPS) is 12.7. The molecule has 0 aliphatic heterocycles. The van der Waals surface area contributed by atoms with E-state index in [9.17, 15) is 4.79 Å². The number of nitrogens with zero attached hydrogens (tertiary/aromatic N) is 1. The number of carbonyl (C=O) groups is 1. The van der Waals surface area contributed by atoms with Gasteiger partial charge >= 0.3 is 0 Å². The smallest absolute Gasteiger partial charge is 0.251 e. The minimum atomic E-state index is -0.365. The molecule has 0 saturated heterocycles. The monoisotopic (exact) mass is 283 g/mol. The number of hydrogen-bond donors (Lipinski definition) is 0. The van der Waals surface area contributed by atoms with Crippen LogP contribution in [-0.4, -0.2) is 29.6 Å². The Morgan fingerprint density at radius 1 is 1.42 bits per heavy atom. The Kier molecular flexibility index (Phi) is 7.10. The summed E-state index contributed by atoms with van der Waals surface area (Å²) in [5, 5.41) is 4.14. The third-order valence-electron chi connectivity index (χ3n) is 2.87. The fraction of sp³-hybridized carbons (Fsp3) is 0.667. The van der Waals surface area contributed by atoms with E-state index in [1.54, 1.807) is 11.3 Å². The molecule has 0 aliphatic rings. The minimum absolute atomic E-state index is 0.0770. The molecule has 1 atom stereocenters. The van der Waals surface area contributed by atoms with Gasteiger partial charge in [0.1, 0.15) is 6.10 Å². The SMILES string of the molecule is CCCCN(Cc1ccsc1)C(=O)[C@@H](C)OC(C)C. The van der Waals surface area contributed by atoms with Gasteiger partial charge < -0.3 is 9.64 Å². The predicted octanol–water partition coefficient (Wildman–Crippen LogP) is 3.69. The Hall–Kier alpha value is -0.870. The molecule has 0 bridgehead atoms. The zero-order valence-corrected chi connectivity index (χ0v) is 13.2. The van der Waals surface area contributed by atoms with E-state index >= 15 is 0 Å². The number of rotatable bonds is 8. The van der Waals surface area contributed by atoms with Gasteiger partial charge in [-0.15, -0.1) is 0 Å². The highest BCUT2D eigenvalue weighted by molar-refractivity contribution is 7.07. The maximum Gasteiger partial charge on any atom is 0.251 e. The third-order valence-corrected chi connectivity index (χ3v) is 3.60. The van der Waals surface area contributed by atoms with Gasteiger partial charge in [0.05, 0.1) is 6.10 Å². The standard InChI is InChI=1S/C15H25NO2S/c1-5-6-8-16(10-14-7-9-19-11-14)15(17)13(4)18-12(2)3/h7,9,11-13H,5-6,8,10H2,1-4H3/t13-/m1/s1. The number of unbranched alkanes of at least 4 members (excludes halogenated alkanes) is 1. The highest BCUT2D eigenvalue weighted by atomic mass is 32.1. The Morgan fingerprint density at radius 2 is 2.16 bits per heavy atom. The number of hydrogen-bond acceptors (Lipinski definition) is 3. The van der Waals surface area contributed by atoms with Crippen molar-refractivity contribution in [2.75, 3.05) is 6.54 Å². The molecule has 0 aliphatic carbocycles. The average Bonchev–Trinajstić information content (AvgIpc) is 2.85. The molecule has 1 amide bonds. The topological polar surface area (TPSA) is 29.5 Å². The molecule has 0 aromatic carbocycles. The van der Waals surface area contributed by atoms with Crippen molar-refractivity contribution < 1.29 is 9.53 Å². The van der Waals surface area contributed by atoms with Crippen LogP contribution in [0, 0.1) is 0 Å². The summed E-state index contributed by atoms with van der Waals surface area (Å²) in [6, 6.07) is 2.07. The first-order valence-corrected chi connectivity index (χ1v) is 7.94. The van der Waals surface area contributed by atoms with Crippen molar-refractivity contribution in [3.8, 4) is 0 Å². The van der Waals surface area contributed by atoms with Crippen LogP contribution in [0.2, 0.25) is 0 Å². The van der Waals surface area contributed by atoms with Crippen LogP contribution >= 0.6 is 11.3 Å². The molecule has 0 unspecified atom stereocenters. The van der Waals surface area contributed by atoms with Crippen LogP contribution in [0.3, 0.4) is 0 Å². The first kappa shape index (κ1) is 16.2. The summed E-state index contributed by atoms with van der Waals surface area (Å²) >= 11 is 1.67. The Bertz CT molecular complexity index is 362. The van der Waals surface area contributed by atoms with E-state index in [1.807, 2.05) is 31.1 Å². The van der Waals surface area contributed by atoms with Crippen molar-refractivity contribution in [1.29, 1.82) is 0 Å². The number of carbonyl (C=O) groups excluding carboxylic acids is 1. The van der Waals surface area contributed by atoms with Gasteiger partial charge in [-0.3, -0.25) is 4.79 Å². The van der Waals surface area contributed by atoms with Gasteiger partial charge in [-0.25, -0.2) is 0 Å². The molecule has 19 heavy (non-hydrogen) atoms. The first-order valence-electron chi connectivity index (χ1n) is 7.00. The molecule has 1 heterocycles. The van der Waals surface area contributed by atoms with Gasteiger partial charge in [-0.2, -0.15) is 11.3 Å². The first-order chi connectivity index (χ1) is 9.04.